The summed E-state index contributed by atoms with van der Waals surface area (Å²) in [4.78, 5) is 21.4. The second-order valence-corrected chi connectivity index (χ2v) is 6.80. The van der Waals surface area contributed by atoms with E-state index in [0.29, 0.717) is 22.3 Å². The van der Waals surface area contributed by atoms with Crippen molar-refractivity contribution >= 4 is 23.4 Å². The van der Waals surface area contributed by atoms with Crippen LogP contribution in [0.25, 0.3) is 11.1 Å². The molecular formula is C17H12ClN3O2S. The average molecular weight is 358 g/mol. The molecule has 0 saturated heterocycles. The zero-order valence-electron chi connectivity index (χ0n) is 12.4. The number of nitrogens with zero attached hydrogens (tertiary/aromatic N) is 3. The normalized spacial score (nSPS) is 16.1. The van der Waals surface area contributed by atoms with Crippen LogP contribution < -0.4 is 5.56 Å². The van der Waals surface area contributed by atoms with Crippen LogP contribution in [0, 0.1) is 0 Å². The third-order valence-corrected chi connectivity index (χ3v) is 5.32. The molecule has 0 saturated carbocycles. The van der Waals surface area contributed by atoms with Crippen LogP contribution in [-0.4, -0.2) is 19.6 Å². The van der Waals surface area contributed by atoms with E-state index < -0.39 is 0 Å². The number of rotatable bonds is 2. The van der Waals surface area contributed by atoms with Gasteiger partial charge in [-0.1, -0.05) is 48.0 Å². The van der Waals surface area contributed by atoms with Crippen molar-refractivity contribution in [3.63, 3.8) is 0 Å². The predicted octanol–water partition coefficient (Wildman–Crippen LogP) is 3.46. The van der Waals surface area contributed by atoms with Gasteiger partial charge in [0.15, 0.2) is 0 Å². The van der Waals surface area contributed by atoms with Crippen LogP contribution in [0.5, 0.6) is 5.88 Å². The number of thioether (sulfide) groups is 1. The van der Waals surface area contributed by atoms with Gasteiger partial charge in [-0.05, 0) is 11.6 Å². The lowest BCUT2D eigenvalue weighted by molar-refractivity contribution is 0.447. The minimum atomic E-state index is -0.256. The molecule has 0 fully saturated rings. The molecular weight excluding hydrogens is 346 g/mol. The molecule has 0 bridgehead atoms. The number of aromatic nitrogens is 3. The second kappa shape index (κ2) is 5.96. The summed E-state index contributed by atoms with van der Waals surface area (Å²) in [6.45, 7) is 0. The topological polar surface area (TPSA) is 68.0 Å². The highest BCUT2D eigenvalue weighted by molar-refractivity contribution is 7.99. The van der Waals surface area contributed by atoms with Crippen molar-refractivity contribution in [1.29, 1.82) is 0 Å². The fourth-order valence-corrected chi connectivity index (χ4v) is 4.09. The number of hydrogen-bond acceptors (Lipinski definition) is 5. The van der Waals surface area contributed by atoms with Gasteiger partial charge < -0.3 is 5.11 Å². The molecule has 1 aliphatic rings. The van der Waals surface area contributed by atoms with Crippen molar-refractivity contribution in [3.8, 4) is 17.0 Å². The molecule has 0 amide bonds. The van der Waals surface area contributed by atoms with Crippen LogP contribution in [0.3, 0.4) is 0 Å². The Labute approximate surface area is 147 Å². The van der Waals surface area contributed by atoms with Crippen LogP contribution in [0.1, 0.15) is 16.8 Å². The quantitative estimate of drug-likeness (QED) is 0.711. The summed E-state index contributed by atoms with van der Waals surface area (Å²) in [6.07, 6.45) is 1.66. The Hall–Kier alpha value is -2.31. The molecule has 0 radical (unpaired) electrons. The van der Waals surface area contributed by atoms with E-state index in [4.69, 9.17) is 11.6 Å². The van der Waals surface area contributed by atoms with Gasteiger partial charge in [0.1, 0.15) is 21.9 Å². The number of fused-ring (bicyclic) bond motifs is 1. The first kappa shape index (κ1) is 15.2. The molecule has 5 nitrogen and oxygen atoms in total. The Morgan fingerprint density at radius 3 is 2.71 bits per heavy atom. The van der Waals surface area contributed by atoms with Gasteiger partial charge in [-0.3, -0.25) is 9.36 Å². The molecule has 4 rings (SSSR count). The second-order valence-electron chi connectivity index (χ2n) is 5.35. The van der Waals surface area contributed by atoms with E-state index in [9.17, 15) is 9.90 Å². The molecule has 3 heterocycles. The summed E-state index contributed by atoms with van der Waals surface area (Å²) in [6, 6.07) is 12.6. The zero-order valence-corrected chi connectivity index (χ0v) is 14.0. The number of pyridine rings is 1. The lowest BCUT2D eigenvalue weighted by Gasteiger charge is -2.15. The first-order chi connectivity index (χ1) is 11.6. The SMILES string of the molecule is O=c1c(-c2ccccc2)c(O)nc2n1C(c1ccc(Cl)nc1)SC2. The highest BCUT2D eigenvalue weighted by atomic mass is 35.5. The number of hydrogen-bond donors (Lipinski definition) is 1. The molecule has 7 heteroatoms. The van der Waals surface area contributed by atoms with Crippen molar-refractivity contribution in [2.45, 2.75) is 11.1 Å². The predicted molar refractivity (Wildman–Crippen MR) is 94.3 cm³/mol. The molecule has 1 N–H and O–H groups in total. The van der Waals surface area contributed by atoms with E-state index in [0.717, 1.165) is 5.56 Å². The first-order valence-corrected chi connectivity index (χ1v) is 8.70. The fourth-order valence-electron chi connectivity index (χ4n) is 2.77. The molecule has 2 aromatic heterocycles. The molecule has 0 spiro atoms. The molecule has 3 aromatic rings. The average Bonchev–Trinajstić information content (AvgIpc) is 3.00. The van der Waals surface area contributed by atoms with Gasteiger partial charge in [0, 0.05) is 11.8 Å². The lowest BCUT2D eigenvalue weighted by Crippen LogP contribution is -2.25. The standard InChI is InChI=1S/C17H12ClN3O2S/c18-12-7-6-11(8-19-12)17-21-13(9-24-17)20-15(22)14(16(21)23)10-4-2-1-3-5-10/h1-8,17,22H,9H2. The molecule has 1 aromatic carbocycles. The summed E-state index contributed by atoms with van der Waals surface area (Å²) in [5, 5.41) is 10.4. The molecule has 0 aliphatic carbocycles. The molecule has 24 heavy (non-hydrogen) atoms. The zero-order chi connectivity index (χ0) is 16.7. The molecule has 1 unspecified atom stereocenters. The van der Waals surface area contributed by atoms with Crippen molar-refractivity contribution in [2.24, 2.45) is 0 Å². The number of benzene rings is 1. The summed E-state index contributed by atoms with van der Waals surface area (Å²) >= 11 is 7.41. The maximum absolute atomic E-state index is 13.0. The Morgan fingerprint density at radius 2 is 2.00 bits per heavy atom. The highest BCUT2D eigenvalue weighted by Crippen LogP contribution is 2.40. The van der Waals surface area contributed by atoms with E-state index in [1.807, 2.05) is 24.3 Å². The van der Waals surface area contributed by atoms with Gasteiger partial charge in [-0.2, -0.15) is 4.98 Å². The molecule has 120 valence electrons. The van der Waals surface area contributed by atoms with Crippen LogP contribution in [0.15, 0.2) is 53.5 Å². The number of halogens is 1. The summed E-state index contributed by atoms with van der Waals surface area (Å²) in [5.74, 6) is 0.876. The van der Waals surface area contributed by atoms with Crippen LogP contribution in [-0.2, 0) is 5.75 Å². The van der Waals surface area contributed by atoms with Gasteiger partial charge in [0.2, 0.25) is 5.88 Å². The maximum Gasteiger partial charge on any atom is 0.266 e. The molecule has 1 atom stereocenters. The smallest absolute Gasteiger partial charge is 0.266 e. The highest BCUT2D eigenvalue weighted by Gasteiger charge is 2.30. The van der Waals surface area contributed by atoms with Crippen molar-refractivity contribution in [1.82, 2.24) is 14.5 Å². The van der Waals surface area contributed by atoms with Gasteiger partial charge in [-0.15, -0.1) is 11.8 Å². The summed E-state index contributed by atoms with van der Waals surface area (Å²) in [7, 11) is 0. The van der Waals surface area contributed by atoms with Crippen LogP contribution in [0.4, 0.5) is 0 Å². The summed E-state index contributed by atoms with van der Waals surface area (Å²) < 4.78 is 1.62. The third-order valence-electron chi connectivity index (χ3n) is 3.87. The van der Waals surface area contributed by atoms with Crippen LogP contribution in [0.2, 0.25) is 5.15 Å². The monoisotopic (exact) mass is 357 g/mol. The van der Waals surface area contributed by atoms with Crippen LogP contribution >= 0.6 is 23.4 Å². The van der Waals surface area contributed by atoms with Gasteiger partial charge >= 0.3 is 0 Å². The minimum Gasteiger partial charge on any atom is -0.493 e. The van der Waals surface area contributed by atoms with E-state index in [2.05, 4.69) is 9.97 Å². The Bertz CT molecular complexity index is 958. The van der Waals surface area contributed by atoms with Crippen molar-refractivity contribution in [3.05, 3.63) is 75.6 Å². The lowest BCUT2D eigenvalue weighted by atomic mass is 10.1. The largest absolute Gasteiger partial charge is 0.493 e. The van der Waals surface area contributed by atoms with Crippen molar-refractivity contribution in [2.75, 3.05) is 0 Å². The van der Waals surface area contributed by atoms with E-state index in [-0.39, 0.29) is 22.4 Å². The maximum atomic E-state index is 13.0. The van der Waals surface area contributed by atoms with Gasteiger partial charge in [0.05, 0.1) is 5.75 Å². The first-order valence-electron chi connectivity index (χ1n) is 7.28. The summed E-state index contributed by atoms with van der Waals surface area (Å²) in [5.41, 5.74) is 1.48. The van der Waals surface area contributed by atoms with E-state index in [1.165, 1.54) is 0 Å². The van der Waals surface area contributed by atoms with E-state index >= 15 is 0 Å². The number of aromatic hydroxyl groups is 1. The minimum absolute atomic E-state index is 0.216. The molecule has 1 aliphatic heterocycles. The van der Waals surface area contributed by atoms with E-state index in [1.54, 1.807) is 40.7 Å². The van der Waals surface area contributed by atoms with Crippen molar-refractivity contribution < 1.29 is 5.11 Å². The Balaban J connectivity index is 1.89. The fraction of sp³-hybridized carbons (Fsp3) is 0.118. The third kappa shape index (κ3) is 2.48. The Morgan fingerprint density at radius 1 is 1.21 bits per heavy atom. The Kier molecular flexibility index (Phi) is 3.78. The van der Waals surface area contributed by atoms with Gasteiger partial charge in [0.25, 0.3) is 5.56 Å². The van der Waals surface area contributed by atoms with Gasteiger partial charge in [-0.25, -0.2) is 4.98 Å².